The third-order valence-electron chi connectivity index (χ3n) is 2.48. The van der Waals surface area contributed by atoms with Gasteiger partial charge in [0.2, 0.25) is 0 Å². The summed E-state index contributed by atoms with van der Waals surface area (Å²) in [5.41, 5.74) is 0.520. The highest BCUT2D eigenvalue weighted by molar-refractivity contribution is 5.60. The molecular formula is C13H13F2N3O. The number of aromatic nitrogens is 2. The number of aliphatic hydroxyl groups is 1. The zero-order chi connectivity index (χ0) is 13.7. The molecule has 0 aliphatic carbocycles. The Bertz CT molecular complexity index is 563. The van der Waals surface area contributed by atoms with Crippen LogP contribution >= 0.6 is 0 Å². The fourth-order valence-corrected chi connectivity index (χ4v) is 1.57. The van der Waals surface area contributed by atoms with E-state index in [1.165, 1.54) is 24.5 Å². The Balaban J connectivity index is 2.22. The minimum absolute atomic E-state index is 0.0761. The van der Waals surface area contributed by atoms with Crippen LogP contribution in [-0.4, -0.2) is 28.2 Å². The molecule has 0 spiro atoms. The normalized spacial score (nSPS) is 10.5. The summed E-state index contributed by atoms with van der Waals surface area (Å²) >= 11 is 0. The molecule has 2 aromatic rings. The SMILES string of the molecule is OCCCNc1cncc(-c2ccc(F)cc2F)n1. The molecule has 19 heavy (non-hydrogen) atoms. The third kappa shape index (κ3) is 3.45. The molecule has 0 radical (unpaired) electrons. The highest BCUT2D eigenvalue weighted by atomic mass is 19.1. The molecule has 0 amide bonds. The molecule has 0 aliphatic rings. The second kappa shape index (κ2) is 6.19. The van der Waals surface area contributed by atoms with E-state index in [1.54, 1.807) is 0 Å². The number of aliphatic hydroxyl groups excluding tert-OH is 1. The van der Waals surface area contributed by atoms with Crippen molar-refractivity contribution >= 4 is 5.82 Å². The third-order valence-corrected chi connectivity index (χ3v) is 2.48. The van der Waals surface area contributed by atoms with Gasteiger partial charge in [-0.3, -0.25) is 4.98 Å². The molecule has 0 unspecified atom stereocenters. The maximum Gasteiger partial charge on any atom is 0.145 e. The van der Waals surface area contributed by atoms with Gasteiger partial charge in [-0.1, -0.05) is 0 Å². The van der Waals surface area contributed by atoms with Crippen molar-refractivity contribution in [3.05, 3.63) is 42.2 Å². The fourth-order valence-electron chi connectivity index (χ4n) is 1.57. The van der Waals surface area contributed by atoms with E-state index in [1.807, 2.05) is 0 Å². The minimum Gasteiger partial charge on any atom is -0.396 e. The lowest BCUT2D eigenvalue weighted by atomic mass is 10.1. The number of anilines is 1. The summed E-state index contributed by atoms with van der Waals surface area (Å²) in [5, 5.41) is 11.6. The zero-order valence-electron chi connectivity index (χ0n) is 10.1. The van der Waals surface area contributed by atoms with E-state index in [0.29, 0.717) is 24.5 Å². The molecule has 0 aliphatic heterocycles. The predicted molar refractivity (Wildman–Crippen MR) is 67.6 cm³/mol. The fraction of sp³-hybridized carbons (Fsp3) is 0.231. The Kier molecular flexibility index (Phi) is 4.35. The van der Waals surface area contributed by atoms with Crippen LogP contribution in [0.5, 0.6) is 0 Å². The molecule has 1 aromatic carbocycles. The van der Waals surface area contributed by atoms with Crippen LogP contribution in [0.1, 0.15) is 6.42 Å². The first kappa shape index (κ1) is 13.4. The Labute approximate surface area is 109 Å². The van der Waals surface area contributed by atoms with E-state index >= 15 is 0 Å². The molecule has 0 saturated carbocycles. The standard InChI is InChI=1S/C13H13F2N3O/c14-9-2-3-10(11(15)6-9)12-7-16-8-13(18-12)17-4-1-5-19/h2-3,6-8,19H,1,4-5H2,(H,17,18). The Morgan fingerprint density at radius 1 is 1.21 bits per heavy atom. The van der Waals surface area contributed by atoms with E-state index in [0.717, 1.165) is 6.07 Å². The number of nitrogens with zero attached hydrogens (tertiary/aromatic N) is 2. The summed E-state index contributed by atoms with van der Waals surface area (Å²) in [4.78, 5) is 8.14. The van der Waals surface area contributed by atoms with Crippen LogP contribution in [0, 0.1) is 11.6 Å². The van der Waals surface area contributed by atoms with Crippen LogP contribution in [0.2, 0.25) is 0 Å². The lowest BCUT2D eigenvalue weighted by molar-refractivity contribution is 0.292. The van der Waals surface area contributed by atoms with Crippen molar-refractivity contribution in [3.8, 4) is 11.3 Å². The first-order valence-corrected chi connectivity index (χ1v) is 5.83. The molecule has 0 atom stereocenters. The van der Waals surface area contributed by atoms with Crippen molar-refractivity contribution in [1.82, 2.24) is 9.97 Å². The van der Waals surface area contributed by atoms with Crippen molar-refractivity contribution in [2.75, 3.05) is 18.5 Å². The van der Waals surface area contributed by atoms with Crippen molar-refractivity contribution in [3.63, 3.8) is 0 Å². The number of benzene rings is 1. The number of rotatable bonds is 5. The minimum atomic E-state index is -0.679. The van der Waals surface area contributed by atoms with E-state index in [-0.39, 0.29) is 12.2 Å². The van der Waals surface area contributed by atoms with Crippen LogP contribution in [0.3, 0.4) is 0 Å². The quantitative estimate of drug-likeness (QED) is 0.814. The van der Waals surface area contributed by atoms with Crippen LogP contribution in [0.25, 0.3) is 11.3 Å². The van der Waals surface area contributed by atoms with Gasteiger partial charge in [-0.15, -0.1) is 0 Å². The van der Waals surface area contributed by atoms with Crippen molar-refractivity contribution in [1.29, 1.82) is 0 Å². The van der Waals surface area contributed by atoms with Crippen LogP contribution < -0.4 is 5.32 Å². The highest BCUT2D eigenvalue weighted by Gasteiger charge is 2.08. The van der Waals surface area contributed by atoms with Gasteiger partial charge in [0.15, 0.2) is 0 Å². The second-order valence-corrected chi connectivity index (χ2v) is 3.92. The highest BCUT2D eigenvalue weighted by Crippen LogP contribution is 2.21. The van der Waals surface area contributed by atoms with Gasteiger partial charge in [0, 0.05) is 24.8 Å². The van der Waals surface area contributed by atoms with Crippen molar-refractivity contribution in [2.45, 2.75) is 6.42 Å². The molecule has 1 aromatic heterocycles. The zero-order valence-corrected chi connectivity index (χ0v) is 10.1. The summed E-state index contributed by atoms with van der Waals surface area (Å²) < 4.78 is 26.4. The first-order valence-electron chi connectivity index (χ1n) is 5.83. The molecule has 4 nitrogen and oxygen atoms in total. The summed E-state index contributed by atoms with van der Waals surface area (Å²) in [5.74, 6) is -0.831. The van der Waals surface area contributed by atoms with Crippen LogP contribution in [0.4, 0.5) is 14.6 Å². The van der Waals surface area contributed by atoms with E-state index < -0.39 is 11.6 Å². The maximum atomic E-state index is 13.6. The largest absolute Gasteiger partial charge is 0.396 e. The average molecular weight is 265 g/mol. The van der Waals surface area contributed by atoms with Gasteiger partial charge in [0.05, 0.1) is 18.1 Å². The van der Waals surface area contributed by atoms with Crippen molar-refractivity contribution < 1.29 is 13.9 Å². The molecule has 100 valence electrons. The summed E-state index contributed by atoms with van der Waals surface area (Å²) in [6.45, 7) is 0.618. The molecule has 2 N–H and O–H groups in total. The lowest BCUT2D eigenvalue weighted by Crippen LogP contribution is -2.06. The summed E-state index contributed by atoms with van der Waals surface area (Å²) in [6.07, 6.45) is 3.49. The molecule has 0 bridgehead atoms. The smallest absolute Gasteiger partial charge is 0.145 e. The Morgan fingerprint density at radius 3 is 2.79 bits per heavy atom. The molecule has 0 fully saturated rings. The topological polar surface area (TPSA) is 58.0 Å². The van der Waals surface area contributed by atoms with E-state index in [2.05, 4.69) is 15.3 Å². The number of hydrogen-bond acceptors (Lipinski definition) is 4. The van der Waals surface area contributed by atoms with Gasteiger partial charge in [-0.05, 0) is 18.6 Å². The maximum absolute atomic E-state index is 13.6. The van der Waals surface area contributed by atoms with E-state index in [9.17, 15) is 8.78 Å². The Morgan fingerprint density at radius 2 is 2.05 bits per heavy atom. The molecular weight excluding hydrogens is 252 g/mol. The van der Waals surface area contributed by atoms with Crippen LogP contribution in [0.15, 0.2) is 30.6 Å². The number of hydrogen-bond donors (Lipinski definition) is 2. The van der Waals surface area contributed by atoms with Gasteiger partial charge in [0.1, 0.15) is 17.5 Å². The predicted octanol–water partition coefficient (Wildman–Crippen LogP) is 2.22. The molecule has 1 heterocycles. The van der Waals surface area contributed by atoms with Gasteiger partial charge in [-0.25, -0.2) is 13.8 Å². The summed E-state index contributed by atoms with van der Waals surface area (Å²) in [6, 6.07) is 3.31. The molecule has 6 heteroatoms. The molecule has 2 rings (SSSR count). The monoisotopic (exact) mass is 265 g/mol. The van der Waals surface area contributed by atoms with Gasteiger partial charge in [0.25, 0.3) is 0 Å². The number of nitrogens with one attached hydrogen (secondary N) is 1. The van der Waals surface area contributed by atoms with Gasteiger partial charge >= 0.3 is 0 Å². The van der Waals surface area contributed by atoms with Gasteiger partial charge in [-0.2, -0.15) is 0 Å². The average Bonchev–Trinajstić information content (AvgIpc) is 2.39. The second-order valence-electron chi connectivity index (χ2n) is 3.92. The summed E-state index contributed by atoms with van der Waals surface area (Å²) in [7, 11) is 0. The Hall–Kier alpha value is -2.08. The van der Waals surface area contributed by atoms with Gasteiger partial charge < -0.3 is 10.4 Å². The van der Waals surface area contributed by atoms with E-state index in [4.69, 9.17) is 5.11 Å². The van der Waals surface area contributed by atoms with Crippen LogP contribution in [-0.2, 0) is 0 Å². The lowest BCUT2D eigenvalue weighted by Gasteiger charge is -2.07. The number of halogens is 2. The first-order chi connectivity index (χ1) is 9.20. The molecule has 0 saturated heterocycles. The van der Waals surface area contributed by atoms with Crippen molar-refractivity contribution in [2.24, 2.45) is 0 Å².